The minimum absolute atomic E-state index is 0.259. The molecule has 3 heterocycles. The summed E-state index contributed by atoms with van der Waals surface area (Å²) in [4.78, 5) is 41.9. The van der Waals surface area contributed by atoms with Crippen LogP contribution >= 0.6 is 0 Å². The highest BCUT2D eigenvalue weighted by molar-refractivity contribution is 5.79. The Kier molecular flexibility index (Phi) is 3.88. The molecule has 8 nitrogen and oxygen atoms in total. The number of carbonyl (C=O) groups excluding carboxylic acids is 1. The highest BCUT2D eigenvalue weighted by atomic mass is 16.2. The minimum Gasteiger partial charge on any atom is -0.298 e. The van der Waals surface area contributed by atoms with Gasteiger partial charge in [0.15, 0.2) is 11.2 Å². The number of Topliss-reactive ketones (excluding diaryl/α,β-unsaturated/α-hetero) is 1. The number of hydrogen-bond acceptors (Lipinski definition) is 4. The fourth-order valence-corrected chi connectivity index (χ4v) is 3.69. The Bertz CT molecular complexity index is 1400. The van der Waals surface area contributed by atoms with Gasteiger partial charge in [-0.05, 0) is 45.4 Å². The average molecular weight is 379 g/mol. The molecule has 0 saturated heterocycles. The second-order valence-corrected chi connectivity index (χ2v) is 7.20. The number of imidazole rings is 2. The Hall–Kier alpha value is -3.42. The molecule has 0 bridgehead atoms. The van der Waals surface area contributed by atoms with Gasteiger partial charge in [-0.15, -0.1) is 0 Å². The van der Waals surface area contributed by atoms with Crippen molar-refractivity contribution >= 4 is 22.7 Å². The molecule has 4 rings (SSSR count). The number of rotatable bonds is 3. The van der Waals surface area contributed by atoms with Crippen LogP contribution in [-0.2, 0) is 18.4 Å². The van der Waals surface area contributed by atoms with Crippen LogP contribution in [0.25, 0.3) is 22.6 Å². The highest BCUT2D eigenvalue weighted by Gasteiger charge is 2.23. The molecular formula is C20H21N5O3. The third kappa shape index (κ3) is 2.37. The second kappa shape index (κ2) is 6.05. The van der Waals surface area contributed by atoms with Crippen molar-refractivity contribution in [3.8, 4) is 5.69 Å². The SMILES string of the molecule is CC(=O)Cn1c(=O)c2c(nc3n(-c4cccc(C)c4)c(C)c(C)n23)n(C)c1=O. The fraction of sp³-hybridized carbons (Fsp3) is 0.300. The molecule has 0 amide bonds. The normalized spacial score (nSPS) is 11.6. The third-order valence-corrected chi connectivity index (χ3v) is 5.16. The molecule has 0 atom stereocenters. The lowest BCUT2D eigenvalue weighted by Gasteiger charge is -2.08. The molecule has 0 radical (unpaired) electrons. The number of fused-ring (bicyclic) bond motifs is 3. The molecule has 4 aromatic rings. The quantitative estimate of drug-likeness (QED) is 0.542. The summed E-state index contributed by atoms with van der Waals surface area (Å²) < 4.78 is 6.03. The van der Waals surface area contributed by atoms with Crippen LogP contribution in [-0.4, -0.2) is 28.9 Å². The van der Waals surface area contributed by atoms with Gasteiger partial charge in [-0.2, -0.15) is 4.98 Å². The van der Waals surface area contributed by atoms with E-state index < -0.39 is 11.2 Å². The van der Waals surface area contributed by atoms with Crippen LogP contribution in [0.15, 0.2) is 33.9 Å². The Morgan fingerprint density at radius 3 is 2.46 bits per heavy atom. The highest BCUT2D eigenvalue weighted by Crippen LogP contribution is 2.24. The summed E-state index contributed by atoms with van der Waals surface area (Å²) in [5, 5.41) is 0. The summed E-state index contributed by atoms with van der Waals surface area (Å²) in [5.74, 6) is 0.299. The van der Waals surface area contributed by atoms with E-state index in [9.17, 15) is 14.4 Å². The molecule has 3 aromatic heterocycles. The smallest absolute Gasteiger partial charge is 0.298 e. The number of aryl methyl sites for hydroxylation is 3. The van der Waals surface area contributed by atoms with Gasteiger partial charge in [0, 0.05) is 24.1 Å². The Morgan fingerprint density at radius 2 is 1.82 bits per heavy atom. The van der Waals surface area contributed by atoms with Gasteiger partial charge >= 0.3 is 5.69 Å². The van der Waals surface area contributed by atoms with Gasteiger partial charge in [-0.3, -0.25) is 27.7 Å². The van der Waals surface area contributed by atoms with Crippen molar-refractivity contribution in [1.29, 1.82) is 0 Å². The van der Waals surface area contributed by atoms with Crippen LogP contribution in [0.4, 0.5) is 0 Å². The summed E-state index contributed by atoms with van der Waals surface area (Å²) >= 11 is 0. The summed E-state index contributed by atoms with van der Waals surface area (Å²) in [7, 11) is 1.56. The van der Waals surface area contributed by atoms with E-state index in [1.165, 1.54) is 11.5 Å². The standard InChI is InChI=1S/C20H21N5O3/c1-11-7-6-8-15(9-11)24-13(3)14(4)25-16-17(21-19(24)25)22(5)20(28)23(18(16)27)10-12(2)26/h6-9H,10H2,1-5H3. The van der Waals surface area contributed by atoms with Gasteiger partial charge in [-0.25, -0.2) is 4.79 Å². The van der Waals surface area contributed by atoms with E-state index >= 15 is 0 Å². The van der Waals surface area contributed by atoms with Crippen LogP contribution in [0.2, 0.25) is 0 Å². The maximum Gasteiger partial charge on any atom is 0.332 e. The first-order valence-corrected chi connectivity index (χ1v) is 8.98. The number of benzene rings is 1. The monoisotopic (exact) mass is 379 g/mol. The maximum atomic E-state index is 13.1. The van der Waals surface area contributed by atoms with E-state index in [2.05, 4.69) is 4.98 Å². The molecule has 1 aromatic carbocycles. The van der Waals surface area contributed by atoms with Crippen LogP contribution in [0.5, 0.6) is 0 Å². The van der Waals surface area contributed by atoms with Gasteiger partial charge < -0.3 is 0 Å². The van der Waals surface area contributed by atoms with Gasteiger partial charge in [0.1, 0.15) is 5.78 Å². The summed E-state index contributed by atoms with van der Waals surface area (Å²) in [5.41, 5.74) is 3.37. The molecule has 0 spiro atoms. The van der Waals surface area contributed by atoms with Crippen molar-refractivity contribution in [2.45, 2.75) is 34.2 Å². The number of hydrogen-bond donors (Lipinski definition) is 0. The van der Waals surface area contributed by atoms with Crippen molar-refractivity contribution in [2.75, 3.05) is 0 Å². The molecule has 8 heteroatoms. The lowest BCUT2D eigenvalue weighted by molar-refractivity contribution is -0.117. The van der Waals surface area contributed by atoms with Crippen LogP contribution in [0.1, 0.15) is 23.9 Å². The average Bonchev–Trinajstić information content (AvgIpc) is 3.13. The predicted octanol–water partition coefficient (Wildman–Crippen LogP) is 1.65. The zero-order valence-corrected chi connectivity index (χ0v) is 16.5. The number of nitrogens with zero attached hydrogens (tertiary/aromatic N) is 5. The molecule has 28 heavy (non-hydrogen) atoms. The number of ketones is 1. The minimum atomic E-state index is -0.551. The maximum absolute atomic E-state index is 13.1. The number of carbonyl (C=O) groups is 1. The predicted molar refractivity (Wildman–Crippen MR) is 106 cm³/mol. The lowest BCUT2D eigenvalue weighted by atomic mass is 10.2. The summed E-state index contributed by atoms with van der Waals surface area (Å²) in [6, 6.07) is 8.00. The van der Waals surface area contributed by atoms with E-state index in [0.717, 1.165) is 27.2 Å². The van der Waals surface area contributed by atoms with Crippen molar-refractivity contribution in [3.05, 3.63) is 62.1 Å². The van der Waals surface area contributed by atoms with Crippen molar-refractivity contribution < 1.29 is 4.79 Å². The largest absolute Gasteiger partial charge is 0.332 e. The van der Waals surface area contributed by atoms with Crippen LogP contribution in [0, 0.1) is 20.8 Å². The van der Waals surface area contributed by atoms with Crippen molar-refractivity contribution in [3.63, 3.8) is 0 Å². The third-order valence-electron chi connectivity index (χ3n) is 5.16. The van der Waals surface area contributed by atoms with E-state index in [-0.39, 0.29) is 12.3 Å². The molecule has 0 aliphatic carbocycles. The van der Waals surface area contributed by atoms with Crippen molar-refractivity contribution in [2.24, 2.45) is 7.05 Å². The Balaban J connectivity index is 2.20. The van der Waals surface area contributed by atoms with Crippen LogP contribution in [0.3, 0.4) is 0 Å². The summed E-state index contributed by atoms with van der Waals surface area (Å²) in [6.45, 7) is 6.99. The molecule has 0 aliphatic heterocycles. The molecule has 0 saturated carbocycles. The molecule has 0 aliphatic rings. The van der Waals surface area contributed by atoms with Gasteiger partial charge in [-0.1, -0.05) is 12.1 Å². The van der Waals surface area contributed by atoms with E-state index in [1.807, 2.05) is 49.6 Å². The molecule has 144 valence electrons. The van der Waals surface area contributed by atoms with E-state index in [1.54, 1.807) is 11.4 Å². The molecule has 0 N–H and O–H groups in total. The van der Waals surface area contributed by atoms with Gasteiger partial charge in [0.05, 0.1) is 6.54 Å². The first kappa shape index (κ1) is 18.0. The first-order valence-electron chi connectivity index (χ1n) is 8.98. The van der Waals surface area contributed by atoms with E-state index in [0.29, 0.717) is 16.9 Å². The number of aromatic nitrogens is 5. The first-order chi connectivity index (χ1) is 13.2. The Morgan fingerprint density at radius 1 is 1.11 bits per heavy atom. The zero-order valence-electron chi connectivity index (χ0n) is 16.5. The van der Waals surface area contributed by atoms with Gasteiger partial charge in [0.25, 0.3) is 5.56 Å². The lowest BCUT2D eigenvalue weighted by Crippen LogP contribution is -2.40. The van der Waals surface area contributed by atoms with Crippen LogP contribution < -0.4 is 11.2 Å². The second-order valence-electron chi connectivity index (χ2n) is 7.20. The van der Waals surface area contributed by atoms with Crippen molar-refractivity contribution in [1.82, 2.24) is 23.1 Å². The fourth-order valence-electron chi connectivity index (χ4n) is 3.69. The topological polar surface area (TPSA) is 83.3 Å². The molecule has 0 unspecified atom stereocenters. The molecular weight excluding hydrogens is 358 g/mol. The summed E-state index contributed by atoms with van der Waals surface area (Å²) in [6.07, 6.45) is 0. The Labute approximate surface area is 160 Å². The zero-order chi connectivity index (χ0) is 20.3. The van der Waals surface area contributed by atoms with E-state index in [4.69, 9.17) is 0 Å². The molecule has 0 fully saturated rings. The van der Waals surface area contributed by atoms with Gasteiger partial charge in [0.2, 0.25) is 5.78 Å².